The fraction of sp³-hybridized carbons (Fsp3) is 0.516. The minimum Gasteiger partial charge on any atom is -0.444 e. The van der Waals surface area contributed by atoms with E-state index in [1.807, 2.05) is 64.3 Å². The van der Waals surface area contributed by atoms with Crippen molar-refractivity contribution in [2.45, 2.75) is 85.4 Å². The molecule has 0 saturated heterocycles. The van der Waals surface area contributed by atoms with E-state index in [1.165, 1.54) is 0 Å². The Labute approximate surface area is 248 Å². The monoisotopic (exact) mass is 589 g/mol. The van der Waals surface area contributed by atoms with Gasteiger partial charge < -0.3 is 20.3 Å². The van der Waals surface area contributed by atoms with E-state index in [0.717, 1.165) is 28.7 Å². The molecule has 2 atom stereocenters. The SMILES string of the molecule is CCCCN(C(=O)C(CCSC)NC(=O)OC(C)(C)C)C(C(=O)Nc1c(C)cccc1Cl)c1ccc(C)cc1C. The molecule has 2 N–H and O–H groups in total. The third-order valence-electron chi connectivity index (χ3n) is 6.39. The van der Waals surface area contributed by atoms with E-state index in [-0.39, 0.29) is 11.8 Å². The van der Waals surface area contributed by atoms with Crippen molar-refractivity contribution in [3.63, 3.8) is 0 Å². The first-order valence-corrected chi connectivity index (χ1v) is 15.5. The summed E-state index contributed by atoms with van der Waals surface area (Å²) >= 11 is 8.04. The van der Waals surface area contributed by atoms with E-state index in [9.17, 15) is 14.4 Å². The lowest BCUT2D eigenvalue weighted by molar-refractivity contribution is -0.141. The number of nitrogens with one attached hydrogen (secondary N) is 2. The molecule has 2 aromatic carbocycles. The summed E-state index contributed by atoms with van der Waals surface area (Å²) in [5, 5.41) is 6.21. The molecule has 3 amide bonds. The molecule has 0 aliphatic rings. The van der Waals surface area contributed by atoms with Crippen LogP contribution in [0.1, 0.15) is 75.3 Å². The van der Waals surface area contributed by atoms with Crippen LogP contribution in [0.3, 0.4) is 0 Å². The Hall–Kier alpha value is -2.71. The minimum atomic E-state index is -0.937. The van der Waals surface area contributed by atoms with Gasteiger partial charge in [0.05, 0.1) is 10.7 Å². The molecule has 9 heteroatoms. The van der Waals surface area contributed by atoms with Gasteiger partial charge in [0, 0.05) is 6.54 Å². The average molecular weight is 590 g/mol. The van der Waals surface area contributed by atoms with E-state index in [2.05, 4.69) is 10.6 Å². The maximum atomic E-state index is 14.3. The summed E-state index contributed by atoms with van der Waals surface area (Å²) < 4.78 is 5.47. The van der Waals surface area contributed by atoms with Gasteiger partial charge >= 0.3 is 6.09 Å². The van der Waals surface area contributed by atoms with Crippen LogP contribution in [0.25, 0.3) is 0 Å². The summed E-state index contributed by atoms with van der Waals surface area (Å²) in [6, 6.07) is 9.47. The van der Waals surface area contributed by atoms with Gasteiger partial charge in [0.25, 0.3) is 5.91 Å². The van der Waals surface area contributed by atoms with Gasteiger partial charge in [-0.25, -0.2) is 4.79 Å². The molecule has 0 bridgehead atoms. The second-order valence-electron chi connectivity index (χ2n) is 11.0. The highest BCUT2D eigenvalue weighted by Crippen LogP contribution is 2.31. The number of aryl methyl sites for hydroxylation is 3. The number of unbranched alkanes of at least 4 members (excludes halogenated alkanes) is 1. The highest BCUT2D eigenvalue weighted by atomic mass is 35.5. The van der Waals surface area contributed by atoms with Gasteiger partial charge in [0.2, 0.25) is 5.91 Å². The molecule has 0 radical (unpaired) electrons. The molecule has 220 valence electrons. The summed E-state index contributed by atoms with van der Waals surface area (Å²) in [5.41, 5.74) is 3.28. The number of carbonyl (C=O) groups is 3. The number of hydrogen-bond donors (Lipinski definition) is 2. The normalized spacial score (nSPS) is 12.8. The average Bonchev–Trinajstić information content (AvgIpc) is 2.85. The molecule has 0 aliphatic carbocycles. The van der Waals surface area contributed by atoms with Gasteiger partial charge in [-0.15, -0.1) is 0 Å². The van der Waals surface area contributed by atoms with E-state index >= 15 is 0 Å². The molecule has 2 rings (SSSR count). The molecule has 7 nitrogen and oxygen atoms in total. The number of amides is 3. The number of alkyl carbamates (subject to hydrolysis) is 1. The number of ether oxygens (including phenoxy) is 1. The van der Waals surface area contributed by atoms with Crippen LogP contribution in [0.5, 0.6) is 0 Å². The second-order valence-corrected chi connectivity index (χ2v) is 12.4. The molecule has 0 spiro atoms. The zero-order chi connectivity index (χ0) is 30.0. The fourth-order valence-electron chi connectivity index (χ4n) is 4.40. The zero-order valence-electron chi connectivity index (χ0n) is 25.0. The van der Waals surface area contributed by atoms with Crippen molar-refractivity contribution in [3.05, 3.63) is 63.7 Å². The molecule has 40 heavy (non-hydrogen) atoms. The molecule has 0 saturated carbocycles. The van der Waals surface area contributed by atoms with Crippen molar-refractivity contribution in [1.29, 1.82) is 0 Å². The van der Waals surface area contributed by atoms with Crippen LogP contribution in [0, 0.1) is 20.8 Å². The Bertz CT molecular complexity index is 1160. The maximum absolute atomic E-state index is 14.3. The summed E-state index contributed by atoms with van der Waals surface area (Å²) in [4.78, 5) is 42.8. The number of halogens is 1. The van der Waals surface area contributed by atoms with E-state index in [1.54, 1.807) is 43.5 Å². The van der Waals surface area contributed by atoms with Gasteiger partial charge in [-0.2, -0.15) is 11.8 Å². The lowest BCUT2D eigenvalue weighted by atomic mass is 9.95. The molecule has 0 heterocycles. The van der Waals surface area contributed by atoms with Gasteiger partial charge in [0.1, 0.15) is 17.7 Å². The predicted octanol–water partition coefficient (Wildman–Crippen LogP) is 7.22. The Morgan fingerprint density at radius 2 is 1.77 bits per heavy atom. The van der Waals surface area contributed by atoms with E-state index < -0.39 is 23.8 Å². The number of hydrogen-bond acceptors (Lipinski definition) is 5. The number of benzene rings is 2. The maximum Gasteiger partial charge on any atom is 0.408 e. The number of anilines is 1. The highest BCUT2D eigenvalue weighted by molar-refractivity contribution is 7.98. The topological polar surface area (TPSA) is 87.7 Å². The van der Waals surface area contributed by atoms with Crippen molar-refractivity contribution in [2.24, 2.45) is 0 Å². The third kappa shape index (κ3) is 9.73. The molecular weight excluding hydrogens is 546 g/mol. The second kappa shape index (κ2) is 15.3. The summed E-state index contributed by atoms with van der Waals surface area (Å²) in [5.74, 6) is -0.0505. The Morgan fingerprint density at radius 3 is 2.35 bits per heavy atom. The lowest BCUT2D eigenvalue weighted by Crippen LogP contribution is -2.53. The highest BCUT2D eigenvalue weighted by Gasteiger charge is 2.37. The number of rotatable bonds is 12. The van der Waals surface area contributed by atoms with E-state index in [0.29, 0.717) is 35.8 Å². The van der Waals surface area contributed by atoms with Crippen LogP contribution in [0.4, 0.5) is 10.5 Å². The predicted molar refractivity (Wildman–Crippen MR) is 166 cm³/mol. The van der Waals surface area contributed by atoms with Crippen molar-refractivity contribution in [2.75, 3.05) is 23.9 Å². The lowest BCUT2D eigenvalue weighted by Gasteiger charge is -2.35. The molecule has 0 aromatic heterocycles. The van der Waals surface area contributed by atoms with Gasteiger partial charge in [-0.1, -0.05) is 60.8 Å². The van der Waals surface area contributed by atoms with Crippen LogP contribution in [-0.4, -0.2) is 53.0 Å². The first kappa shape index (κ1) is 33.5. The van der Waals surface area contributed by atoms with Gasteiger partial charge in [0.15, 0.2) is 0 Å². The van der Waals surface area contributed by atoms with Crippen molar-refractivity contribution in [3.8, 4) is 0 Å². The van der Waals surface area contributed by atoms with Crippen LogP contribution in [-0.2, 0) is 14.3 Å². The number of carbonyl (C=O) groups excluding carboxylic acids is 3. The smallest absolute Gasteiger partial charge is 0.408 e. The summed E-state index contributed by atoms with van der Waals surface area (Å²) in [7, 11) is 0. The molecular formula is C31H44ClN3O4S. The van der Waals surface area contributed by atoms with Crippen LogP contribution in [0.2, 0.25) is 5.02 Å². The molecule has 0 aliphatic heterocycles. The summed E-state index contributed by atoms with van der Waals surface area (Å²) in [6.45, 7) is 13.5. The van der Waals surface area contributed by atoms with Crippen LogP contribution >= 0.6 is 23.4 Å². The first-order chi connectivity index (χ1) is 18.8. The Kier molecular flexibility index (Phi) is 12.8. The molecule has 2 unspecified atom stereocenters. The fourth-order valence-corrected chi connectivity index (χ4v) is 5.14. The Morgan fingerprint density at radius 1 is 1.07 bits per heavy atom. The molecule has 2 aromatic rings. The quantitative estimate of drug-likeness (QED) is 0.273. The van der Waals surface area contributed by atoms with Crippen molar-refractivity contribution < 1.29 is 19.1 Å². The minimum absolute atomic E-state index is 0.329. The Balaban J connectivity index is 2.60. The van der Waals surface area contributed by atoms with E-state index in [4.69, 9.17) is 16.3 Å². The van der Waals surface area contributed by atoms with Gasteiger partial charge in [-0.3, -0.25) is 9.59 Å². The molecule has 0 fully saturated rings. The first-order valence-electron chi connectivity index (χ1n) is 13.7. The number of thioether (sulfide) groups is 1. The van der Waals surface area contributed by atoms with Crippen molar-refractivity contribution in [1.82, 2.24) is 10.2 Å². The van der Waals surface area contributed by atoms with Crippen molar-refractivity contribution >= 4 is 47.0 Å². The largest absolute Gasteiger partial charge is 0.444 e. The van der Waals surface area contributed by atoms with Gasteiger partial charge in [-0.05, 0) is 89.1 Å². The standard InChI is InChI=1S/C31H44ClN3O4S/c1-9-10-17-35(29(37)25(16-18-40-8)33-30(38)39-31(5,6)7)27(23-15-14-20(2)19-22(23)4)28(36)34-26-21(3)12-11-13-24(26)32/h11-15,19,25,27H,9-10,16-18H2,1-8H3,(H,33,38)(H,34,36). The summed E-state index contributed by atoms with van der Waals surface area (Å²) in [6.07, 6.45) is 3.19. The number of para-hydroxylation sites is 1. The zero-order valence-corrected chi connectivity index (χ0v) is 26.6. The number of nitrogens with zero attached hydrogens (tertiary/aromatic N) is 1. The third-order valence-corrected chi connectivity index (χ3v) is 7.34. The van der Waals surface area contributed by atoms with Crippen LogP contribution < -0.4 is 10.6 Å². The van der Waals surface area contributed by atoms with Crippen LogP contribution in [0.15, 0.2) is 36.4 Å².